The van der Waals surface area contributed by atoms with Crippen molar-refractivity contribution in [1.29, 1.82) is 0 Å². The molecule has 1 nitrogen and oxygen atoms in total. The van der Waals surface area contributed by atoms with E-state index in [0.717, 1.165) is 15.6 Å². The Labute approximate surface area is 130 Å². The van der Waals surface area contributed by atoms with E-state index in [0.29, 0.717) is 15.6 Å². The Hall–Kier alpha value is -0.830. The van der Waals surface area contributed by atoms with Crippen LogP contribution >= 0.6 is 39.1 Å². The summed E-state index contributed by atoms with van der Waals surface area (Å²) in [7, 11) is 0. The molecular weight excluding hydrogens is 347 g/mol. The highest BCUT2D eigenvalue weighted by Gasteiger charge is 2.12. The molecule has 0 unspecified atom stereocenters. The standard InChI is InChI=1S/C15H11BrCl2O/c1-9-7-10(5-6-12(9)16)14(19)8-11-3-2-4-13(17)15(11)18/h2-7H,8H2,1H3. The smallest absolute Gasteiger partial charge is 0.167 e. The first-order chi connectivity index (χ1) is 8.99. The summed E-state index contributed by atoms with van der Waals surface area (Å²) in [5.74, 6) is 0.0276. The summed E-state index contributed by atoms with van der Waals surface area (Å²) in [5.41, 5.74) is 2.46. The third kappa shape index (κ3) is 3.38. The maximum Gasteiger partial charge on any atom is 0.167 e. The maximum atomic E-state index is 12.2. The SMILES string of the molecule is Cc1cc(C(=O)Cc2cccc(Cl)c2Cl)ccc1Br. The number of carbonyl (C=O) groups is 1. The lowest BCUT2D eigenvalue weighted by Gasteiger charge is -2.06. The quantitative estimate of drug-likeness (QED) is 0.664. The van der Waals surface area contributed by atoms with Gasteiger partial charge in [0.05, 0.1) is 10.0 Å². The van der Waals surface area contributed by atoms with Crippen LogP contribution in [0.3, 0.4) is 0 Å². The van der Waals surface area contributed by atoms with E-state index in [1.165, 1.54) is 0 Å². The molecule has 0 aliphatic rings. The number of ketones is 1. The van der Waals surface area contributed by atoms with Crippen molar-refractivity contribution in [2.24, 2.45) is 0 Å². The molecule has 0 aromatic heterocycles. The van der Waals surface area contributed by atoms with E-state index in [9.17, 15) is 4.79 Å². The minimum absolute atomic E-state index is 0.0276. The highest BCUT2D eigenvalue weighted by molar-refractivity contribution is 9.10. The number of hydrogen-bond donors (Lipinski definition) is 0. The van der Waals surface area contributed by atoms with Crippen LogP contribution in [0.5, 0.6) is 0 Å². The van der Waals surface area contributed by atoms with Crippen molar-refractivity contribution in [1.82, 2.24) is 0 Å². The molecule has 0 aliphatic carbocycles. The van der Waals surface area contributed by atoms with Gasteiger partial charge in [0, 0.05) is 16.5 Å². The molecule has 19 heavy (non-hydrogen) atoms. The second kappa shape index (κ2) is 6.08. The van der Waals surface area contributed by atoms with Crippen molar-refractivity contribution in [2.45, 2.75) is 13.3 Å². The molecule has 0 fully saturated rings. The van der Waals surface area contributed by atoms with E-state index in [2.05, 4.69) is 15.9 Å². The fourth-order valence-corrected chi connectivity index (χ4v) is 2.41. The Balaban J connectivity index is 2.26. The third-order valence-electron chi connectivity index (χ3n) is 2.86. The molecule has 0 aliphatic heterocycles. The molecule has 0 spiro atoms. The van der Waals surface area contributed by atoms with Gasteiger partial charge in [-0.2, -0.15) is 0 Å². The fraction of sp³-hybridized carbons (Fsp3) is 0.133. The zero-order valence-corrected chi connectivity index (χ0v) is 13.3. The summed E-state index contributed by atoms with van der Waals surface area (Å²) in [5, 5.41) is 0.922. The Morgan fingerprint density at radius 1 is 1.21 bits per heavy atom. The van der Waals surface area contributed by atoms with Gasteiger partial charge in [-0.1, -0.05) is 57.3 Å². The van der Waals surface area contributed by atoms with Gasteiger partial charge in [-0.25, -0.2) is 0 Å². The number of rotatable bonds is 3. The van der Waals surface area contributed by atoms with Gasteiger partial charge in [0.25, 0.3) is 0 Å². The molecule has 0 saturated carbocycles. The van der Waals surface area contributed by atoms with Crippen LogP contribution in [-0.2, 0) is 6.42 Å². The Morgan fingerprint density at radius 3 is 2.63 bits per heavy atom. The van der Waals surface area contributed by atoms with Gasteiger partial charge in [-0.3, -0.25) is 4.79 Å². The van der Waals surface area contributed by atoms with Crippen LogP contribution in [0.2, 0.25) is 10.0 Å². The average Bonchev–Trinajstić information content (AvgIpc) is 2.38. The van der Waals surface area contributed by atoms with Gasteiger partial charge in [0.2, 0.25) is 0 Å². The lowest BCUT2D eigenvalue weighted by molar-refractivity contribution is 0.0993. The number of benzene rings is 2. The Bertz CT molecular complexity index is 638. The molecule has 0 amide bonds. The number of hydrogen-bond acceptors (Lipinski definition) is 1. The zero-order chi connectivity index (χ0) is 14.0. The molecule has 2 rings (SSSR count). The predicted molar refractivity (Wildman–Crippen MR) is 83.4 cm³/mol. The summed E-state index contributed by atoms with van der Waals surface area (Å²) in [4.78, 5) is 12.2. The minimum atomic E-state index is 0.0276. The van der Waals surface area contributed by atoms with Crippen LogP contribution in [-0.4, -0.2) is 5.78 Å². The number of aryl methyl sites for hydroxylation is 1. The molecular formula is C15H11BrCl2O. The molecule has 0 bridgehead atoms. The van der Waals surface area contributed by atoms with E-state index in [1.807, 2.05) is 25.1 Å². The fourth-order valence-electron chi connectivity index (χ4n) is 1.78. The average molecular weight is 358 g/mol. The van der Waals surface area contributed by atoms with Crippen molar-refractivity contribution < 1.29 is 4.79 Å². The third-order valence-corrected chi connectivity index (χ3v) is 4.61. The second-order valence-corrected chi connectivity index (χ2v) is 5.92. The van der Waals surface area contributed by atoms with Crippen LogP contribution in [0.25, 0.3) is 0 Å². The van der Waals surface area contributed by atoms with Crippen molar-refractivity contribution >= 4 is 44.9 Å². The normalized spacial score (nSPS) is 10.5. The van der Waals surface area contributed by atoms with E-state index in [-0.39, 0.29) is 12.2 Å². The Morgan fingerprint density at radius 2 is 1.95 bits per heavy atom. The lowest BCUT2D eigenvalue weighted by Crippen LogP contribution is -2.04. The molecule has 0 saturated heterocycles. The Kier molecular flexibility index (Phi) is 4.67. The topological polar surface area (TPSA) is 17.1 Å². The second-order valence-electron chi connectivity index (χ2n) is 4.28. The van der Waals surface area contributed by atoms with Crippen molar-refractivity contribution in [2.75, 3.05) is 0 Å². The molecule has 2 aromatic rings. The summed E-state index contributed by atoms with van der Waals surface area (Å²) >= 11 is 15.4. The predicted octanol–water partition coefficient (Wildman–Crippen LogP) is 5.49. The summed E-state index contributed by atoms with van der Waals surface area (Å²) in [6.45, 7) is 1.95. The van der Waals surface area contributed by atoms with Gasteiger partial charge < -0.3 is 0 Å². The highest BCUT2D eigenvalue weighted by Crippen LogP contribution is 2.27. The zero-order valence-electron chi connectivity index (χ0n) is 10.2. The maximum absolute atomic E-state index is 12.2. The number of Topliss-reactive ketones (excluding diaryl/α,β-unsaturated/α-hetero) is 1. The molecule has 4 heteroatoms. The van der Waals surface area contributed by atoms with E-state index in [4.69, 9.17) is 23.2 Å². The molecule has 0 N–H and O–H groups in total. The summed E-state index contributed by atoms with van der Waals surface area (Å²) in [6.07, 6.45) is 0.250. The molecule has 98 valence electrons. The minimum Gasteiger partial charge on any atom is -0.294 e. The number of carbonyl (C=O) groups excluding carboxylic acids is 1. The van der Waals surface area contributed by atoms with Gasteiger partial charge in [0.1, 0.15) is 0 Å². The largest absolute Gasteiger partial charge is 0.294 e. The van der Waals surface area contributed by atoms with E-state index in [1.54, 1.807) is 18.2 Å². The molecule has 0 heterocycles. The van der Waals surface area contributed by atoms with Crippen LogP contribution in [0, 0.1) is 6.92 Å². The summed E-state index contributed by atoms with van der Waals surface area (Å²) in [6, 6.07) is 10.9. The van der Waals surface area contributed by atoms with E-state index < -0.39 is 0 Å². The molecule has 0 atom stereocenters. The first kappa shape index (κ1) is 14.6. The van der Waals surface area contributed by atoms with Crippen LogP contribution in [0.15, 0.2) is 40.9 Å². The van der Waals surface area contributed by atoms with Crippen LogP contribution in [0.4, 0.5) is 0 Å². The highest BCUT2D eigenvalue weighted by atomic mass is 79.9. The lowest BCUT2D eigenvalue weighted by atomic mass is 10.0. The first-order valence-electron chi connectivity index (χ1n) is 5.71. The monoisotopic (exact) mass is 356 g/mol. The van der Waals surface area contributed by atoms with Crippen molar-refractivity contribution in [3.8, 4) is 0 Å². The van der Waals surface area contributed by atoms with Gasteiger partial charge in [-0.05, 0) is 36.2 Å². The molecule has 0 radical (unpaired) electrons. The molecule has 2 aromatic carbocycles. The van der Waals surface area contributed by atoms with E-state index >= 15 is 0 Å². The van der Waals surface area contributed by atoms with Crippen LogP contribution < -0.4 is 0 Å². The van der Waals surface area contributed by atoms with Crippen molar-refractivity contribution in [3.63, 3.8) is 0 Å². The summed E-state index contributed by atoms with van der Waals surface area (Å²) < 4.78 is 0.991. The van der Waals surface area contributed by atoms with Gasteiger partial charge in [0.15, 0.2) is 5.78 Å². The van der Waals surface area contributed by atoms with Crippen LogP contribution in [0.1, 0.15) is 21.5 Å². The van der Waals surface area contributed by atoms with Gasteiger partial charge >= 0.3 is 0 Å². The van der Waals surface area contributed by atoms with Gasteiger partial charge in [-0.15, -0.1) is 0 Å². The van der Waals surface area contributed by atoms with Crippen molar-refractivity contribution in [3.05, 3.63) is 67.6 Å². The number of halogens is 3. The first-order valence-corrected chi connectivity index (χ1v) is 7.26.